The lowest BCUT2D eigenvalue weighted by atomic mass is 9.86. The Hall–Kier alpha value is -4.59. The summed E-state index contributed by atoms with van der Waals surface area (Å²) in [6, 6.07) is 8.47. The summed E-state index contributed by atoms with van der Waals surface area (Å²) in [6.07, 6.45) is 5.18. The molecule has 0 saturated carbocycles. The number of aromatic nitrogens is 10. The number of rotatable bonds is 7. The Kier molecular flexibility index (Phi) is 5.49. The molecule has 0 aliphatic rings. The van der Waals surface area contributed by atoms with Gasteiger partial charge in [-0.1, -0.05) is 6.07 Å². The van der Waals surface area contributed by atoms with Gasteiger partial charge >= 0.3 is 5.69 Å². The predicted octanol–water partition coefficient (Wildman–Crippen LogP) is 1.03. The first-order chi connectivity index (χ1) is 16.9. The van der Waals surface area contributed by atoms with Crippen molar-refractivity contribution in [3.05, 3.63) is 95.5 Å². The molecule has 178 valence electrons. The smallest absolute Gasteiger partial charge is 0.350 e. The standard InChI is InChI=1S/C21H18F2N10O2/c1-14(21(35,9-30-12-24-10-26-30)18-7-2-15(22)8-19(18)23)32-20(34)31(13-28-32)16-3-5-17(6-4-16)33-27-11-25-29-33/h2-8,10-14,35H,9H2,1H3. The molecule has 5 rings (SSSR count). The zero-order chi connectivity index (χ0) is 24.6. The normalized spacial score (nSPS) is 14.1. The van der Waals surface area contributed by atoms with Crippen molar-refractivity contribution in [2.75, 3.05) is 0 Å². The number of benzene rings is 2. The third kappa shape index (κ3) is 3.99. The van der Waals surface area contributed by atoms with Gasteiger partial charge in [0, 0.05) is 11.6 Å². The summed E-state index contributed by atoms with van der Waals surface area (Å²) < 4.78 is 32.0. The first-order valence-corrected chi connectivity index (χ1v) is 10.4. The van der Waals surface area contributed by atoms with Crippen LogP contribution in [0.15, 0.2) is 72.6 Å². The SMILES string of the molecule is CC(n1ncn(-c2ccc(-n3ncnn3)cc2)c1=O)C(O)(Cn1cncn1)c1ccc(F)cc1F. The third-order valence-electron chi connectivity index (χ3n) is 5.73. The molecule has 0 spiro atoms. The molecule has 0 amide bonds. The molecule has 14 heteroatoms. The van der Waals surface area contributed by atoms with E-state index < -0.39 is 29.0 Å². The summed E-state index contributed by atoms with van der Waals surface area (Å²) >= 11 is 0. The molecule has 0 aliphatic heterocycles. The Morgan fingerprint density at radius 1 is 1.00 bits per heavy atom. The summed E-state index contributed by atoms with van der Waals surface area (Å²) in [5, 5.41) is 31.3. The van der Waals surface area contributed by atoms with Crippen molar-refractivity contribution in [1.29, 1.82) is 0 Å². The van der Waals surface area contributed by atoms with Crippen molar-refractivity contribution in [2.24, 2.45) is 0 Å². The first kappa shape index (κ1) is 22.2. The maximum absolute atomic E-state index is 14.8. The summed E-state index contributed by atoms with van der Waals surface area (Å²) in [5.41, 5.74) is -1.70. The van der Waals surface area contributed by atoms with E-state index in [0.29, 0.717) is 17.4 Å². The highest BCUT2D eigenvalue weighted by atomic mass is 19.1. The van der Waals surface area contributed by atoms with Gasteiger partial charge in [-0.25, -0.2) is 32.5 Å². The Labute approximate surface area is 195 Å². The largest absolute Gasteiger partial charge is 0.381 e. The molecule has 0 saturated heterocycles. The quantitative estimate of drug-likeness (QED) is 0.365. The lowest BCUT2D eigenvalue weighted by Gasteiger charge is -2.34. The molecule has 2 unspecified atom stereocenters. The van der Waals surface area contributed by atoms with Gasteiger partial charge in [-0.3, -0.25) is 0 Å². The van der Waals surface area contributed by atoms with E-state index >= 15 is 0 Å². The summed E-state index contributed by atoms with van der Waals surface area (Å²) in [5.74, 6) is -1.77. The number of nitrogens with zero attached hydrogens (tertiary/aromatic N) is 10. The van der Waals surface area contributed by atoms with Crippen molar-refractivity contribution < 1.29 is 13.9 Å². The van der Waals surface area contributed by atoms with Crippen LogP contribution in [0.4, 0.5) is 8.78 Å². The molecule has 35 heavy (non-hydrogen) atoms. The first-order valence-electron chi connectivity index (χ1n) is 10.4. The van der Waals surface area contributed by atoms with E-state index in [0.717, 1.165) is 16.8 Å². The van der Waals surface area contributed by atoms with Crippen LogP contribution in [0.1, 0.15) is 18.5 Å². The molecule has 5 aromatic rings. The fourth-order valence-electron chi connectivity index (χ4n) is 3.84. The number of hydrogen-bond donors (Lipinski definition) is 1. The number of hydrogen-bond acceptors (Lipinski definition) is 8. The van der Waals surface area contributed by atoms with E-state index in [-0.39, 0.29) is 12.1 Å². The fraction of sp³-hybridized carbons (Fsp3) is 0.190. The number of halogens is 2. The molecule has 3 heterocycles. The van der Waals surface area contributed by atoms with E-state index in [1.165, 1.54) is 46.3 Å². The Balaban J connectivity index is 1.53. The molecule has 0 fully saturated rings. The van der Waals surface area contributed by atoms with Crippen LogP contribution in [0.5, 0.6) is 0 Å². The van der Waals surface area contributed by atoms with Crippen LogP contribution in [0.25, 0.3) is 11.4 Å². The maximum atomic E-state index is 14.8. The maximum Gasteiger partial charge on any atom is 0.350 e. The molecule has 2 aromatic carbocycles. The molecule has 0 bridgehead atoms. The number of tetrazole rings is 1. The summed E-state index contributed by atoms with van der Waals surface area (Å²) in [6.45, 7) is 1.24. The van der Waals surface area contributed by atoms with Crippen LogP contribution in [-0.4, -0.2) is 54.4 Å². The monoisotopic (exact) mass is 480 g/mol. The molecular formula is C21H18F2N10O2. The summed E-state index contributed by atoms with van der Waals surface area (Å²) in [4.78, 5) is 18.4. The van der Waals surface area contributed by atoms with Gasteiger partial charge in [0.2, 0.25) is 0 Å². The van der Waals surface area contributed by atoms with Gasteiger partial charge in [-0.15, -0.1) is 15.0 Å². The third-order valence-corrected chi connectivity index (χ3v) is 5.73. The van der Waals surface area contributed by atoms with Gasteiger partial charge in [0.25, 0.3) is 0 Å². The Bertz CT molecular complexity index is 1500. The fourth-order valence-corrected chi connectivity index (χ4v) is 3.84. The van der Waals surface area contributed by atoms with E-state index in [2.05, 4.69) is 30.6 Å². The predicted molar refractivity (Wildman–Crippen MR) is 116 cm³/mol. The minimum absolute atomic E-state index is 0.215. The van der Waals surface area contributed by atoms with Crippen LogP contribution in [0.3, 0.4) is 0 Å². The van der Waals surface area contributed by atoms with Gasteiger partial charge in [-0.2, -0.15) is 10.2 Å². The Morgan fingerprint density at radius 2 is 1.77 bits per heavy atom. The van der Waals surface area contributed by atoms with Crippen molar-refractivity contribution in [3.63, 3.8) is 0 Å². The zero-order valence-corrected chi connectivity index (χ0v) is 18.2. The van der Waals surface area contributed by atoms with Crippen molar-refractivity contribution in [1.82, 2.24) is 49.3 Å². The van der Waals surface area contributed by atoms with Gasteiger partial charge in [0.15, 0.2) is 6.33 Å². The zero-order valence-electron chi connectivity index (χ0n) is 18.2. The van der Waals surface area contributed by atoms with E-state index in [4.69, 9.17) is 0 Å². The van der Waals surface area contributed by atoms with Gasteiger partial charge in [0.05, 0.1) is 24.0 Å². The second-order valence-electron chi connectivity index (χ2n) is 7.79. The minimum atomic E-state index is -2.03. The molecule has 3 aromatic heterocycles. The number of aliphatic hydroxyl groups is 1. The molecule has 12 nitrogen and oxygen atoms in total. The van der Waals surface area contributed by atoms with E-state index in [1.54, 1.807) is 24.3 Å². The van der Waals surface area contributed by atoms with E-state index in [9.17, 15) is 18.7 Å². The lowest BCUT2D eigenvalue weighted by Crippen LogP contribution is -2.44. The lowest BCUT2D eigenvalue weighted by molar-refractivity contribution is -0.0381. The van der Waals surface area contributed by atoms with Crippen LogP contribution >= 0.6 is 0 Å². The van der Waals surface area contributed by atoms with Crippen molar-refractivity contribution in [2.45, 2.75) is 25.1 Å². The topological polar surface area (TPSA) is 134 Å². The Morgan fingerprint density at radius 3 is 2.43 bits per heavy atom. The highest BCUT2D eigenvalue weighted by molar-refractivity contribution is 5.40. The molecule has 2 atom stereocenters. The van der Waals surface area contributed by atoms with Gasteiger partial charge in [-0.05, 0) is 42.5 Å². The van der Waals surface area contributed by atoms with Crippen LogP contribution < -0.4 is 5.69 Å². The molecule has 1 N–H and O–H groups in total. The van der Waals surface area contributed by atoms with Crippen molar-refractivity contribution in [3.8, 4) is 11.4 Å². The average molecular weight is 480 g/mol. The van der Waals surface area contributed by atoms with Crippen molar-refractivity contribution >= 4 is 0 Å². The second-order valence-corrected chi connectivity index (χ2v) is 7.79. The van der Waals surface area contributed by atoms with Crippen LogP contribution in [0, 0.1) is 11.6 Å². The second kappa shape index (κ2) is 8.64. The van der Waals surface area contributed by atoms with Crippen LogP contribution in [0.2, 0.25) is 0 Å². The van der Waals surface area contributed by atoms with Gasteiger partial charge in [0.1, 0.15) is 36.2 Å². The van der Waals surface area contributed by atoms with Gasteiger partial charge < -0.3 is 5.11 Å². The van der Waals surface area contributed by atoms with E-state index in [1.807, 2.05) is 0 Å². The average Bonchev–Trinajstić information content (AvgIpc) is 3.61. The summed E-state index contributed by atoms with van der Waals surface area (Å²) in [7, 11) is 0. The minimum Gasteiger partial charge on any atom is -0.381 e. The highest BCUT2D eigenvalue weighted by Gasteiger charge is 2.41. The van der Waals surface area contributed by atoms with Crippen LogP contribution in [-0.2, 0) is 12.1 Å². The molecule has 0 radical (unpaired) electrons. The molecular weight excluding hydrogens is 462 g/mol. The highest BCUT2D eigenvalue weighted by Crippen LogP contribution is 2.35. The molecule has 0 aliphatic carbocycles.